The van der Waals surface area contributed by atoms with Crippen molar-refractivity contribution in [3.8, 4) is 0 Å². The van der Waals surface area contributed by atoms with Crippen LogP contribution in [0.1, 0.15) is 23.2 Å². The molecule has 1 aliphatic rings. The predicted octanol–water partition coefficient (Wildman–Crippen LogP) is 2.81. The smallest absolute Gasteiger partial charge is 0.252 e. The van der Waals surface area contributed by atoms with E-state index in [0.717, 1.165) is 35.1 Å². The molecule has 0 unspecified atom stereocenters. The van der Waals surface area contributed by atoms with Gasteiger partial charge in [-0.2, -0.15) is 0 Å². The van der Waals surface area contributed by atoms with Crippen molar-refractivity contribution in [1.82, 2.24) is 5.32 Å². The Labute approximate surface area is 110 Å². The molecular weight excluding hydrogens is 246 g/mol. The third-order valence-corrected chi connectivity index (χ3v) is 4.20. The van der Waals surface area contributed by atoms with Gasteiger partial charge in [0.1, 0.15) is 0 Å². The Kier molecular flexibility index (Phi) is 3.30. The molecule has 1 aromatic carbocycles. The van der Waals surface area contributed by atoms with Crippen LogP contribution in [0.4, 0.5) is 0 Å². The van der Waals surface area contributed by atoms with Gasteiger partial charge in [0.25, 0.3) is 5.91 Å². The normalized spacial score (nSPS) is 19.2. The number of hydrogen-bond donors (Lipinski definition) is 1. The first kappa shape index (κ1) is 11.7. The van der Waals surface area contributed by atoms with Crippen LogP contribution in [0.2, 0.25) is 0 Å². The minimum Gasteiger partial charge on any atom is -0.376 e. The van der Waals surface area contributed by atoms with Crippen molar-refractivity contribution in [2.24, 2.45) is 0 Å². The Morgan fingerprint density at radius 1 is 1.44 bits per heavy atom. The third kappa shape index (κ3) is 2.26. The monoisotopic (exact) mass is 261 g/mol. The van der Waals surface area contributed by atoms with Gasteiger partial charge >= 0.3 is 0 Å². The van der Waals surface area contributed by atoms with E-state index >= 15 is 0 Å². The molecule has 1 aromatic heterocycles. The molecule has 1 atom stereocenters. The van der Waals surface area contributed by atoms with Gasteiger partial charge in [-0.1, -0.05) is 18.2 Å². The fourth-order valence-corrected chi connectivity index (χ4v) is 3.20. The highest BCUT2D eigenvalue weighted by molar-refractivity contribution is 7.17. The molecule has 18 heavy (non-hydrogen) atoms. The summed E-state index contributed by atoms with van der Waals surface area (Å²) >= 11 is 1.61. The second-order valence-electron chi connectivity index (χ2n) is 4.49. The van der Waals surface area contributed by atoms with Gasteiger partial charge in [-0.15, -0.1) is 11.3 Å². The SMILES string of the molecule is O=C(NC[C@@H]1CCCO1)c1csc2ccccc12. The molecule has 0 bridgehead atoms. The molecule has 2 aromatic rings. The fourth-order valence-electron chi connectivity index (χ4n) is 2.26. The second-order valence-corrected chi connectivity index (χ2v) is 5.40. The number of rotatable bonds is 3. The van der Waals surface area contributed by atoms with E-state index in [9.17, 15) is 4.79 Å². The van der Waals surface area contributed by atoms with Crippen molar-refractivity contribution in [3.05, 3.63) is 35.2 Å². The number of amides is 1. The lowest BCUT2D eigenvalue weighted by molar-refractivity contribution is 0.0859. The number of carbonyl (C=O) groups is 1. The number of hydrogen-bond acceptors (Lipinski definition) is 3. The summed E-state index contributed by atoms with van der Waals surface area (Å²) in [5, 5.41) is 5.92. The summed E-state index contributed by atoms with van der Waals surface area (Å²) in [7, 11) is 0. The topological polar surface area (TPSA) is 38.3 Å². The van der Waals surface area contributed by atoms with Crippen LogP contribution in [0, 0.1) is 0 Å². The number of benzene rings is 1. The van der Waals surface area contributed by atoms with E-state index in [2.05, 4.69) is 5.32 Å². The largest absolute Gasteiger partial charge is 0.376 e. The highest BCUT2D eigenvalue weighted by Gasteiger charge is 2.17. The van der Waals surface area contributed by atoms with E-state index in [1.54, 1.807) is 11.3 Å². The van der Waals surface area contributed by atoms with Crippen molar-refractivity contribution in [2.75, 3.05) is 13.2 Å². The summed E-state index contributed by atoms with van der Waals surface area (Å²) in [6.45, 7) is 1.44. The van der Waals surface area contributed by atoms with Crippen molar-refractivity contribution in [1.29, 1.82) is 0 Å². The molecule has 2 heterocycles. The van der Waals surface area contributed by atoms with Crippen LogP contribution in [0.25, 0.3) is 10.1 Å². The van der Waals surface area contributed by atoms with E-state index in [0.29, 0.717) is 6.54 Å². The van der Waals surface area contributed by atoms with E-state index in [1.165, 1.54) is 0 Å². The molecule has 4 heteroatoms. The highest BCUT2D eigenvalue weighted by atomic mass is 32.1. The number of thiophene rings is 1. The van der Waals surface area contributed by atoms with Crippen LogP contribution >= 0.6 is 11.3 Å². The first-order valence-corrected chi connectivity index (χ1v) is 7.08. The Bertz CT molecular complexity index is 558. The van der Waals surface area contributed by atoms with Crippen LogP contribution in [0.15, 0.2) is 29.6 Å². The minimum absolute atomic E-state index is 0.00273. The van der Waals surface area contributed by atoms with Crippen LogP contribution in [0.3, 0.4) is 0 Å². The van der Waals surface area contributed by atoms with Gasteiger partial charge in [0.2, 0.25) is 0 Å². The van der Waals surface area contributed by atoms with Crippen LogP contribution < -0.4 is 5.32 Å². The van der Waals surface area contributed by atoms with Crippen molar-refractivity contribution >= 4 is 27.3 Å². The molecule has 1 fully saturated rings. The second kappa shape index (κ2) is 5.08. The number of nitrogens with one attached hydrogen (secondary N) is 1. The molecule has 3 rings (SSSR count). The van der Waals surface area contributed by atoms with Crippen molar-refractivity contribution < 1.29 is 9.53 Å². The van der Waals surface area contributed by atoms with Gasteiger partial charge < -0.3 is 10.1 Å². The highest BCUT2D eigenvalue weighted by Crippen LogP contribution is 2.25. The summed E-state index contributed by atoms with van der Waals surface area (Å²) in [6, 6.07) is 7.99. The lowest BCUT2D eigenvalue weighted by Gasteiger charge is -2.10. The van der Waals surface area contributed by atoms with E-state index in [4.69, 9.17) is 4.74 Å². The maximum Gasteiger partial charge on any atom is 0.252 e. The molecule has 0 spiro atoms. The van der Waals surface area contributed by atoms with Gasteiger partial charge in [0.15, 0.2) is 0 Å². The minimum atomic E-state index is 0.00273. The maximum absolute atomic E-state index is 12.1. The zero-order valence-electron chi connectivity index (χ0n) is 10.0. The molecule has 0 aliphatic carbocycles. The number of fused-ring (bicyclic) bond motifs is 1. The van der Waals surface area contributed by atoms with Gasteiger partial charge in [0, 0.05) is 28.6 Å². The lowest BCUT2D eigenvalue weighted by atomic mass is 10.1. The molecule has 1 amide bonds. The van der Waals surface area contributed by atoms with Crippen molar-refractivity contribution in [2.45, 2.75) is 18.9 Å². The molecule has 3 nitrogen and oxygen atoms in total. The standard InChI is InChI=1S/C14H15NO2S/c16-14(15-8-10-4-3-7-17-10)12-9-18-13-6-2-1-5-11(12)13/h1-2,5-6,9-10H,3-4,7-8H2,(H,15,16)/t10-/m0/s1. The molecule has 0 saturated carbocycles. The maximum atomic E-state index is 12.1. The summed E-state index contributed by atoms with van der Waals surface area (Å²) in [5.41, 5.74) is 0.772. The van der Waals surface area contributed by atoms with E-state index in [-0.39, 0.29) is 12.0 Å². The molecular formula is C14H15NO2S. The lowest BCUT2D eigenvalue weighted by Crippen LogP contribution is -2.31. The molecule has 0 radical (unpaired) electrons. The number of ether oxygens (including phenoxy) is 1. The molecule has 1 saturated heterocycles. The summed E-state index contributed by atoms with van der Waals surface area (Å²) in [5.74, 6) is 0.00273. The zero-order valence-corrected chi connectivity index (χ0v) is 10.8. The summed E-state index contributed by atoms with van der Waals surface area (Å²) < 4.78 is 6.65. The Morgan fingerprint density at radius 3 is 3.17 bits per heavy atom. The van der Waals surface area contributed by atoms with Gasteiger partial charge in [-0.05, 0) is 18.9 Å². The molecule has 94 valence electrons. The Morgan fingerprint density at radius 2 is 2.33 bits per heavy atom. The summed E-state index contributed by atoms with van der Waals surface area (Å²) in [4.78, 5) is 12.1. The van der Waals surface area contributed by atoms with E-state index in [1.807, 2.05) is 29.6 Å². The third-order valence-electron chi connectivity index (χ3n) is 3.24. The van der Waals surface area contributed by atoms with Crippen molar-refractivity contribution in [3.63, 3.8) is 0 Å². The number of carbonyl (C=O) groups excluding carboxylic acids is 1. The van der Waals surface area contributed by atoms with Crippen LogP contribution in [-0.4, -0.2) is 25.2 Å². The van der Waals surface area contributed by atoms with E-state index < -0.39 is 0 Å². The van der Waals surface area contributed by atoms with Gasteiger partial charge in [-0.3, -0.25) is 4.79 Å². The van der Waals surface area contributed by atoms with Gasteiger partial charge in [-0.25, -0.2) is 0 Å². The average molecular weight is 261 g/mol. The van der Waals surface area contributed by atoms with Gasteiger partial charge in [0.05, 0.1) is 11.7 Å². The van der Waals surface area contributed by atoms with Crippen LogP contribution in [-0.2, 0) is 4.74 Å². The zero-order chi connectivity index (χ0) is 12.4. The average Bonchev–Trinajstić information content (AvgIpc) is 3.05. The van der Waals surface area contributed by atoms with Crippen LogP contribution in [0.5, 0.6) is 0 Å². The Balaban J connectivity index is 1.71. The first-order chi connectivity index (χ1) is 8.84. The Hall–Kier alpha value is -1.39. The first-order valence-electron chi connectivity index (χ1n) is 6.20. The fraction of sp³-hybridized carbons (Fsp3) is 0.357. The molecule has 1 N–H and O–H groups in total. The predicted molar refractivity (Wildman–Crippen MR) is 73.1 cm³/mol. The summed E-state index contributed by atoms with van der Waals surface area (Å²) in [6.07, 6.45) is 2.34. The molecule has 1 aliphatic heterocycles. The quantitative estimate of drug-likeness (QED) is 0.922.